The number of nitrogens with two attached hydrogens (primary N) is 1. The zero-order chi connectivity index (χ0) is 17.9. The fraction of sp³-hybridized carbons (Fsp3) is 0.375. The predicted molar refractivity (Wildman–Crippen MR) is 85.3 cm³/mol. The molecule has 25 heavy (non-hydrogen) atoms. The van der Waals surface area contributed by atoms with E-state index in [9.17, 15) is 14.0 Å². The van der Waals surface area contributed by atoms with Crippen LogP contribution in [0.25, 0.3) is 5.69 Å². The Kier molecular flexibility index (Phi) is 4.75. The van der Waals surface area contributed by atoms with Crippen LogP contribution in [0.2, 0.25) is 0 Å². The Morgan fingerprint density at radius 2 is 1.96 bits per heavy atom. The Hall–Kier alpha value is -2.81. The van der Waals surface area contributed by atoms with Crippen LogP contribution in [0.15, 0.2) is 30.5 Å². The topological polar surface area (TPSA) is 112 Å². The quantitative estimate of drug-likeness (QED) is 0.814. The Balaban J connectivity index is 1.67. The van der Waals surface area contributed by atoms with Crippen molar-refractivity contribution < 1.29 is 18.7 Å². The highest BCUT2D eigenvalue weighted by Gasteiger charge is 2.38. The third-order valence-electron chi connectivity index (χ3n) is 4.38. The molecule has 1 fully saturated rings. The molecule has 2 amide bonds. The highest BCUT2D eigenvalue weighted by molar-refractivity contribution is 5.92. The molecule has 1 saturated heterocycles. The molecule has 0 spiro atoms. The monoisotopic (exact) mass is 347 g/mol. The minimum absolute atomic E-state index is 0.0935. The van der Waals surface area contributed by atoms with Gasteiger partial charge in [-0.1, -0.05) is 5.21 Å². The molecule has 0 saturated carbocycles. The van der Waals surface area contributed by atoms with Gasteiger partial charge in [0.2, 0.25) is 5.91 Å². The van der Waals surface area contributed by atoms with Gasteiger partial charge in [-0.25, -0.2) is 9.07 Å². The van der Waals surface area contributed by atoms with Gasteiger partial charge in [-0.05, 0) is 37.1 Å². The lowest BCUT2D eigenvalue weighted by atomic mass is 9.79. The zero-order valence-corrected chi connectivity index (χ0v) is 13.4. The molecule has 1 aliphatic heterocycles. The first-order valence-electron chi connectivity index (χ1n) is 7.84. The van der Waals surface area contributed by atoms with Crippen molar-refractivity contribution in [2.24, 2.45) is 11.1 Å². The molecular formula is C16H18FN5O3. The molecule has 3 rings (SSSR count). The minimum Gasteiger partial charge on any atom is -0.381 e. The largest absolute Gasteiger partial charge is 0.381 e. The molecule has 1 aromatic carbocycles. The van der Waals surface area contributed by atoms with Crippen molar-refractivity contribution in [1.82, 2.24) is 20.3 Å². The summed E-state index contributed by atoms with van der Waals surface area (Å²) in [5.41, 5.74) is 5.37. The van der Waals surface area contributed by atoms with E-state index in [4.69, 9.17) is 10.5 Å². The number of carbonyl (C=O) groups excluding carboxylic acids is 2. The first-order valence-corrected chi connectivity index (χ1v) is 7.84. The summed E-state index contributed by atoms with van der Waals surface area (Å²) in [4.78, 5) is 24.1. The van der Waals surface area contributed by atoms with Gasteiger partial charge in [-0.15, -0.1) is 5.10 Å². The Bertz CT molecular complexity index is 768. The molecule has 2 aromatic rings. The summed E-state index contributed by atoms with van der Waals surface area (Å²) < 4.78 is 19.6. The number of carbonyl (C=O) groups is 2. The number of hydrogen-bond acceptors (Lipinski definition) is 5. The lowest BCUT2D eigenvalue weighted by Gasteiger charge is -2.34. The Morgan fingerprint density at radius 1 is 1.28 bits per heavy atom. The number of nitrogens with zero attached hydrogens (tertiary/aromatic N) is 3. The van der Waals surface area contributed by atoms with Gasteiger partial charge in [0.15, 0.2) is 5.69 Å². The van der Waals surface area contributed by atoms with E-state index in [1.807, 2.05) is 0 Å². The first kappa shape index (κ1) is 17.0. The van der Waals surface area contributed by atoms with E-state index < -0.39 is 17.2 Å². The number of nitrogens with one attached hydrogen (secondary N) is 1. The second-order valence-electron chi connectivity index (χ2n) is 5.96. The lowest BCUT2D eigenvalue weighted by Crippen LogP contribution is -2.49. The molecule has 0 atom stereocenters. The molecule has 0 bridgehead atoms. The molecule has 3 N–H and O–H groups in total. The van der Waals surface area contributed by atoms with E-state index in [0.717, 1.165) is 0 Å². The summed E-state index contributed by atoms with van der Waals surface area (Å²) >= 11 is 0. The van der Waals surface area contributed by atoms with Crippen molar-refractivity contribution >= 4 is 11.8 Å². The van der Waals surface area contributed by atoms with Gasteiger partial charge in [-0.3, -0.25) is 9.59 Å². The van der Waals surface area contributed by atoms with E-state index in [1.54, 1.807) is 0 Å². The fourth-order valence-corrected chi connectivity index (χ4v) is 2.70. The van der Waals surface area contributed by atoms with E-state index in [-0.39, 0.29) is 18.1 Å². The minimum atomic E-state index is -0.805. The van der Waals surface area contributed by atoms with Crippen molar-refractivity contribution in [3.05, 3.63) is 42.0 Å². The number of amides is 2. The maximum Gasteiger partial charge on any atom is 0.273 e. The number of ether oxygens (including phenoxy) is 1. The Labute approximate surface area is 143 Å². The maximum atomic E-state index is 13.0. The van der Waals surface area contributed by atoms with Crippen LogP contribution in [0.3, 0.4) is 0 Å². The van der Waals surface area contributed by atoms with Crippen molar-refractivity contribution in [1.29, 1.82) is 0 Å². The highest BCUT2D eigenvalue weighted by atomic mass is 19.1. The van der Waals surface area contributed by atoms with Gasteiger partial charge in [0.1, 0.15) is 5.82 Å². The van der Waals surface area contributed by atoms with E-state index in [1.165, 1.54) is 35.1 Å². The fourth-order valence-electron chi connectivity index (χ4n) is 2.70. The molecule has 8 nitrogen and oxygen atoms in total. The summed E-state index contributed by atoms with van der Waals surface area (Å²) in [7, 11) is 0. The third-order valence-corrected chi connectivity index (χ3v) is 4.38. The van der Waals surface area contributed by atoms with Crippen molar-refractivity contribution in [3.8, 4) is 5.69 Å². The van der Waals surface area contributed by atoms with Crippen molar-refractivity contribution in [2.75, 3.05) is 19.8 Å². The molecular weight excluding hydrogens is 329 g/mol. The van der Waals surface area contributed by atoms with Crippen LogP contribution in [0, 0.1) is 11.2 Å². The molecule has 9 heteroatoms. The van der Waals surface area contributed by atoms with Crippen LogP contribution >= 0.6 is 0 Å². The number of benzene rings is 1. The van der Waals surface area contributed by atoms with Crippen molar-refractivity contribution in [2.45, 2.75) is 12.8 Å². The van der Waals surface area contributed by atoms with Crippen LogP contribution in [0.1, 0.15) is 23.3 Å². The van der Waals surface area contributed by atoms with Crippen LogP contribution < -0.4 is 11.1 Å². The smallest absolute Gasteiger partial charge is 0.273 e. The summed E-state index contributed by atoms with van der Waals surface area (Å²) in [5.74, 6) is -1.28. The molecule has 132 valence electrons. The summed E-state index contributed by atoms with van der Waals surface area (Å²) in [6.07, 6.45) is 2.36. The molecule has 0 aliphatic carbocycles. The van der Waals surface area contributed by atoms with Gasteiger partial charge >= 0.3 is 0 Å². The van der Waals surface area contributed by atoms with E-state index >= 15 is 0 Å². The molecule has 2 heterocycles. The number of rotatable bonds is 5. The van der Waals surface area contributed by atoms with Gasteiger partial charge in [0.05, 0.1) is 17.3 Å². The van der Waals surface area contributed by atoms with Gasteiger partial charge < -0.3 is 15.8 Å². The normalized spacial score (nSPS) is 16.4. The number of primary amides is 1. The highest BCUT2D eigenvalue weighted by Crippen LogP contribution is 2.29. The van der Waals surface area contributed by atoms with Crippen LogP contribution in [-0.2, 0) is 9.53 Å². The Morgan fingerprint density at radius 3 is 2.60 bits per heavy atom. The third kappa shape index (κ3) is 3.66. The van der Waals surface area contributed by atoms with Crippen LogP contribution in [0.4, 0.5) is 4.39 Å². The second kappa shape index (κ2) is 6.98. The van der Waals surface area contributed by atoms with E-state index in [0.29, 0.717) is 31.7 Å². The van der Waals surface area contributed by atoms with Crippen LogP contribution in [-0.4, -0.2) is 46.6 Å². The number of hydrogen-bond donors (Lipinski definition) is 2. The maximum absolute atomic E-state index is 13.0. The van der Waals surface area contributed by atoms with Gasteiger partial charge in [-0.2, -0.15) is 0 Å². The number of halogens is 1. The molecule has 1 aromatic heterocycles. The average molecular weight is 347 g/mol. The average Bonchev–Trinajstić information content (AvgIpc) is 3.11. The standard InChI is InChI=1S/C16H18FN5O3/c17-11-1-3-12(4-2-11)22-9-13(20-21-22)14(23)19-10-16(15(18)24)5-7-25-8-6-16/h1-4,9H,5-8,10H2,(H2,18,24)(H,19,23). The lowest BCUT2D eigenvalue weighted by molar-refractivity contribution is -0.132. The second-order valence-corrected chi connectivity index (χ2v) is 5.96. The summed E-state index contributed by atoms with van der Waals surface area (Å²) in [6, 6.07) is 5.63. The summed E-state index contributed by atoms with van der Waals surface area (Å²) in [6.45, 7) is 0.979. The molecule has 0 unspecified atom stereocenters. The SMILES string of the molecule is NC(=O)C1(CNC(=O)c2cn(-c3ccc(F)cc3)nn2)CCOCC1. The first-order chi connectivity index (χ1) is 12.0. The number of aromatic nitrogens is 3. The molecule has 1 aliphatic rings. The van der Waals surface area contributed by atoms with Gasteiger partial charge in [0, 0.05) is 19.8 Å². The molecule has 0 radical (unpaired) electrons. The van der Waals surface area contributed by atoms with E-state index in [2.05, 4.69) is 15.6 Å². The zero-order valence-electron chi connectivity index (χ0n) is 13.4. The van der Waals surface area contributed by atoms with Gasteiger partial charge in [0.25, 0.3) is 5.91 Å². The summed E-state index contributed by atoms with van der Waals surface area (Å²) in [5, 5.41) is 10.4. The predicted octanol–water partition coefficient (Wildman–Crippen LogP) is 0.418. The van der Waals surface area contributed by atoms with Crippen LogP contribution in [0.5, 0.6) is 0 Å². The van der Waals surface area contributed by atoms with Crippen molar-refractivity contribution in [3.63, 3.8) is 0 Å².